The molecule has 1 aliphatic heterocycles. The number of benzene rings is 2. The van der Waals surface area contributed by atoms with Crippen molar-refractivity contribution in [1.29, 1.82) is 0 Å². The Morgan fingerprint density at radius 3 is 1.82 bits per heavy atom. The lowest BCUT2D eigenvalue weighted by atomic mass is 9.87. The van der Waals surface area contributed by atoms with E-state index >= 15 is 0 Å². The van der Waals surface area contributed by atoms with Crippen LogP contribution in [0.15, 0.2) is 48.5 Å². The minimum absolute atomic E-state index is 0.00490. The summed E-state index contributed by atoms with van der Waals surface area (Å²) in [5.41, 5.74) is 1.02. The number of nitrogens with one attached hydrogen (secondary N) is 2. The molecule has 2 aliphatic rings. The molecule has 0 aromatic heterocycles. The number of aliphatic carboxylic acids is 1. The van der Waals surface area contributed by atoms with Crippen LogP contribution in [-0.4, -0.2) is 61.9 Å². The molecule has 2 fully saturated rings. The molecule has 0 spiro atoms. The van der Waals surface area contributed by atoms with Crippen molar-refractivity contribution < 1.29 is 33.7 Å². The summed E-state index contributed by atoms with van der Waals surface area (Å²) in [4.78, 5) is 35.9. The van der Waals surface area contributed by atoms with Gasteiger partial charge in [-0.2, -0.15) is 0 Å². The molecule has 4 rings (SSSR count). The third-order valence-corrected chi connectivity index (χ3v) is 7.08. The molecular weight excluding hydrogens is 488 g/mol. The highest BCUT2D eigenvalue weighted by Gasteiger charge is 2.27. The largest absolute Gasteiger partial charge is 0.493 e. The lowest BCUT2D eigenvalue weighted by Gasteiger charge is -2.26. The van der Waals surface area contributed by atoms with Crippen LogP contribution in [-0.2, 0) is 9.53 Å². The first kappa shape index (κ1) is 27.4. The predicted molar refractivity (Wildman–Crippen MR) is 141 cm³/mol. The molecule has 9 nitrogen and oxygen atoms in total. The van der Waals surface area contributed by atoms with E-state index in [1.807, 2.05) is 0 Å². The van der Waals surface area contributed by atoms with Crippen molar-refractivity contribution in [3.63, 3.8) is 0 Å². The van der Waals surface area contributed by atoms with Gasteiger partial charge in [0.15, 0.2) is 0 Å². The standard InChI is InChI=1S/C29H36N2O7/c32-27(21-1-7-24(8-2-21)37-19-20-13-17-36-18-14-20)30-15-16-31-28(33)22-3-9-25(10-4-22)38-26-11-5-23(6-12-26)29(34)35/h1-4,7-10,20,23,26H,5-6,11-19H2,(H,30,32)(H,31,33)(H,34,35)/t23-,26+. The van der Waals surface area contributed by atoms with Gasteiger partial charge in [-0.05, 0) is 93.0 Å². The Morgan fingerprint density at radius 2 is 1.29 bits per heavy atom. The van der Waals surface area contributed by atoms with Crippen LogP contribution in [0.25, 0.3) is 0 Å². The molecule has 1 aliphatic carbocycles. The van der Waals surface area contributed by atoms with Crippen LogP contribution in [0.2, 0.25) is 0 Å². The Morgan fingerprint density at radius 1 is 0.763 bits per heavy atom. The van der Waals surface area contributed by atoms with Crippen molar-refractivity contribution in [2.75, 3.05) is 32.9 Å². The summed E-state index contributed by atoms with van der Waals surface area (Å²) >= 11 is 0. The van der Waals surface area contributed by atoms with Crippen molar-refractivity contribution >= 4 is 17.8 Å². The number of carboxylic acids is 1. The van der Waals surface area contributed by atoms with E-state index in [4.69, 9.17) is 19.3 Å². The van der Waals surface area contributed by atoms with E-state index in [0.717, 1.165) is 31.8 Å². The number of hydrogen-bond donors (Lipinski definition) is 3. The molecule has 1 saturated heterocycles. The summed E-state index contributed by atoms with van der Waals surface area (Å²) in [6.45, 7) is 2.82. The summed E-state index contributed by atoms with van der Waals surface area (Å²) in [6, 6.07) is 13.9. The third-order valence-electron chi connectivity index (χ3n) is 7.08. The van der Waals surface area contributed by atoms with E-state index in [9.17, 15) is 14.4 Å². The summed E-state index contributed by atoms with van der Waals surface area (Å²) in [6.07, 6.45) is 4.67. The second kappa shape index (κ2) is 13.8. The van der Waals surface area contributed by atoms with Crippen molar-refractivity contribution in [2.45, 2.75) is 44.6 Å². The average Bonchev–Trinajstić information content (AvgIpc) is 2.95. The van der Waals surface area contributed by atoms with Gasteiger partial charge in [-0.15, -0.1) is 0 Å². The topological polar surface area (TPSA) is 123 Å². The molecule has 0 unspecified atom stereocenters. The van der Waals surface area contributed by atoms with Crippen molar-refractivity contribution in [2.24, 2.45) is 11.8 Å². The number of rotatable bonds is 11. The maximum absolute atomic E-state index is 12.4. The molecule has 9 heteroatoms. The molecule has 38 heavy (non-hydrogen) atoms. The Kier molecular flexibility index (Phi) is 9.97. The van der Waals surface area contributed by atoms with Gasteiger partial charge in [0.05, 0.1) is 18.6 Å². The van der Waals surface area contributed by atoms with E-state index in [2.05, 4.69) is 10.6 Å². The van der Waals surface area contributed by atoms with E-state index in [-0.39, 0.29) is 23.8 Å². The third kappa shape index (κ3) is 8.21. The Hall–Kier alpha value is -3.59. The molecule has 0 radical (unpaired) electrons. The maximum Gasteiger partial charge on any atom is 0.306 e. The number of amides is 2. The van der Waals surface area contributed by atoms with Crippen LogP contribution >= 0.6 is 0 Å². The Bertz CT molecular complexity index is 1060. The highest BCUT2D eigenvalue weighted by atomic mass is 16.5. The highest BCUT2D eigenvalue weighted by molar-refractivity contribution is 5.95. The first-order chi connectivity index (χ1) is 18.5. The van der Waals surface area contributed by atoms with E-state index < -0.39 is 5.97 Å². The second-order valence-corrected chi connectivity index (χ2v) is 9.86. The molecule has 3 N–H and O–H groups in total. The molecule has 2 aromatic carbocycles. The summed E-state index contributed by atoms with van der Waals surface area (Å²) in [5.74, 6) is 0.435. The van der Waals surface area contributed by atoms with Gasteiger partial charge in [0.1, 0.15) is 11.5 Å². The lowest BCUT2D eigenvalue weighted by Crippen LogP contribution is -2.34. The van der Waals surface area contributed by atoms with Crippen LogP contribution in [0.5, 0.6) is 11.5 Å². The smallest absolute Gasteiger partial charge is 0.306 e. The van der Waals surface area contributed by atoms with Crippen LogP contribution in [0.3, 0.4) is 0 Å². The monoisotopic (exact) mass is 524 g/mol. The van der Waals surface area contributed by atoms with Crippen LogP contribution in [0, 0.1) is 11.8 Å². The maximum atomic E-state index is 12.4. The normalized spacial score (nSPS) is 19.8. The molecule has 0 bridgehead atoms. The molecule has 1 heterocycles. The minimum atomic E-state index is -0.737. The Balaban J connectivity index is 1.12. The van der Waals surface area contributed by atoms with Crippen molar-refractivity contribution in [3.8, 4) is 11.5 Å². The summed E-state index contributed by atoms with van der Waals surface area (Å²) < 4.78 is 17.2. The number of hydrogen-bond acceptors (Lipinski definition) is 6. The molecule has 204 valence electrons. The van der Waals surface area contributed by atoms with Gasteiger partial charge in [0.25, 0.3) is 11.8 Å². The van der Waals surface area contributed by atoms with Gasteiger partial charge in [-0.25, -0.2) is 0 Å². The average molecular weight is 525 g/mol. The number of ether oxygens (including phenoxy) is 3. The minimum Gasteiger partial charge on any atom is -0.493 e. The Labute approximate surface area is 222 Å². The van der Waals surface area contributed by atoms with Gasteiger partial charge in [-0.1, -0.05) is 0 Å². The van der Waals surface area contributed by atoms with Gasteiger partial charge in [-0.3, -0.25) is 14.4 Å². The van der Waals surface area contributed by atoms with E-state index in [1.54, 1.807) is 48.5 Å². The fraction of sp³-hybridized carbons (Fsp3) is 0.483. The zero-order chi connectivity index (χ0) is 26.7. The van der Waals surface area contributed by atoms with Gasteiger partial charge >= 0.3 is 5.97 Å². The summed E-state index contributed by atoms with van der Waals surface area (Å²) in [5, 5.41) is 14.7. The second-order valence-electron chi connectivity index (χ2n) is 9.86. The van der Waals surface area contributed by atoms with Crippen LogP contribution < -0.4 is 20.1 Å². The highest BCUT2D eigenvalue weighted by Crippen LogP contribution is 2.28. The first-order valence-electron chi connectivity index (χ1n) is 13.3. The number of carbonyl (C=O) groups is 3. The number of carboxylic acid groups (broad SMARTS) is 1. The molecular formula is C29H36N2O7. The fourth-order valence-electron chi connectivity index (χ4n) is 4.69. The molecule has 1 saturated carbocycles. The van der Waals surface area contributed by atoms with Crippen molar-refractivity contribution in [1.82, 2.24) is 10.6 Å². The molecule has 0 atom stereocenters. The first-order valence-corrected chi connectivity index (χ1v) is 13.3. The molecule has 2 aromatic rings. The van der Waals surface area contributed by atoms with Crippen molar-refractivity contribution in [3.05, 3.63) is 59.7 Å². The van der Waals surface area contributed by atoms with Crippen LogP contribution in [0.4, 0.5) is 0 Å². The quantitative estimate of drug-likeness (QED) is 0.383. The van der Waals surface area contributed by atoms with Crippen LogP contribution in [0.1, 0.15) is 59.2 Å². The number of carbonyl (C=O) groups excluding carboxylic acids is 2. The van der Waals surface area contributed by atoms with E-state index in [0.29, 0.717) is 68.2 Å². The predicted octanol–water partition coefficient (Wildman–Crippen LogP) is 3.67. The fourth-order valence-corrected chi connectivity index (χ4v) is 4.69. The lowest BCUT2D eigenvalue weighted by molar-refractivity contribution is -0.143. The van der Waals surface area contributed by atoms with Gasteiger partial charge in [0.2, 0.25) is 0 Å². The van der Waals surface area contributed by atoms with Gasteiger partial charge in [0, 0.05) is 37.4 Å². The zero-order valence-corrected chi connectivity index (χ0v) is 21.5. The van der Waals surface area contributed by atoms with Gasteiger partial charge < -0.3 is 30.0 Å². The zero-order valence-electron chi connectivity index (χ0n) is 21.5. The van der Waals surface area contributed by atoms with E-state index in [1.165, 1.54) is 0 Å². The SMILES string of the molecule is O=C(NCCNC(=O)c1ccc(O[C@H]2CC[C@@H](C(=O)O)CC2)cc1)c1ccc(OCC2CCOCC2)cc1. The molecule has 2 amide bonds. The summed E-state index contributed by atoms with van der Waals surface area (Å²) in [7, 11) is 0.